The van der Waals surface area contributed by atoms with Crippen LogP contribution in [-0.4, -0.2) is 26.0 Å². The highest BCUT2D eigenvalue weighted by Crippen LogP contribution is 2.26. The molecule has 0 saturated heterocycles. The van der Waals surface area contributed by atoms with Crippen molar-refractivity contribution in [1.29, 1.82) is 0 Å². The summed E-state index contributed by atoms with van der Waals surface area (Å²) in [7, 11) is 1.71. The maximum Gasteiger partial charge on any atom is 0.0587 e. The maximum absolute atomic E-state index is 6.03. The number of hydrogen-bond donors (Lipinski definition) is 1. The number of methoxy groups -OCH3 is 1. The average Bonchev–Trinajstić information content (AvgIpc) is 2.34. The molecule has 4 heteroatoms. The van der Waals surface area contributed by atoms with Gasteiger partial charge in [-0.25, -0.2) is 0 Å². The predicted molar refractivity (Wildman–Crippen MR) is 76.0 cm³/mol. The van der Waals surface area contributed by atoms with Gasteiger partial charge in [-0.05, 0) is 29.9 Å². The molecule has 1 rings (SSSR count). The van der Waals surface area contributed by atoms with Crippen molar-refractivity contribution in [2.24, 2.45) is 0 Å². The minimum absolute atomic E-state index is 0.741. The minimum Gasteiger partial charge on any atom is -0.383 e. The highest BCUT2D eigenvalue weighted by molar-refractivity contribution is 7.99. The molecule has 0 unspecified atom stereocenters. The lowest BCUT2D eigenvalue weighted by atomic mass is 10.2. The fraction of sp³-hybridized carbons (Fsp3) is 0.538. The first-order valence-corrected chi connectivity index (χ1v) is 7.25. The second kappa shape index (κ2) is 8.81. The van der Waals surface area contributed by atoms with Crippen LogP contribution in [0.1, 0.15) is 18.9 Å². The summed E-state index contributed by atoms with van der Waals surface area (Å²) in [6.07, 6.45) is 1.17. The first kappa shape index (κ1) is 14.8. The quantitative estimate of drug-likeness (QED) is 0.578. The van der Waals surface area contributed by atoms with E-state index in [-0.39, 0.29) is 0 Å². The van der Waals surface area contributed by atoms with Crippen LogP contribution < -0.4 is 5.32 Å². The largest absolute Gasteiger partial charge is 0.383 e. The molecular formula is C13H20ClNOS. The number of benzene rings is 1. The summed E-state index contributed by atoms with van der Waals surface area (Å²) >= 11 is 7.90. The lowest BCUT2D eigenvalue weighted by Gasteiger charge is -2.10. The monoisotopic (exact) mass is 273 g/mol. The topological polar surface area (TPSA) is 21.3 Å². The number of rotatable bonds is 8. The smallest absolute Gasteiger partial charge is 0.0587 e. The van der Waals surface area contributed by atoms with E-state index in [2.05, 4.69) is 24.4 Å². The Kier molecular flexibility index (Phi) is 7.69. The van der Waals surface area contributed by atoms with Crippen molar-refractivity contribution in [1.82, 2.24) is 5.32 Å². The van der Waals surface area contributed by atoms with Crippen molar-refractivity contribution in [3.63, 3.8) is 0 Å². The van der Waals surface area contributed by atoms with Crippen LogP contribution in [0.15, 0.2) is 23.1 Å². The van der Waals surface area contributed by atoms with Gasteiger partial charge in [0.2, 0.25) is 0 Å². The molecule has 0 spiro atoms. The molecule has 1 N–H and O–H groups in total. The zero-order chi connectivity index (χ0) is 12.5. The van der Waals surface area contributed by atoms with E-state index in [4.69, 9.17) is 16.3 Å². The minimum atomic E-state index is 0.741. The van der Waals surface area contributed by atoms with Crippen molar-refractivity contribution >= 4 is 23.4 Å². The highest BCUT2D eigenvalue weighted by atomic mass is 35.5. The Balaban J connectivity index is 2.55. The fourth-order valence-corrected chi connectivity index (χ4v) is 2.61. The number of halogens is 1. The first-order chi connectivity index (χ1) is 8.27. The molecule has 1 aromatic rings. The molecule has 0 aliphatic rings. The third kappa shape index (κ3) is 5.77. The molecule has 0 saturated carbocycles. The van der Waals surface area contributed by atoms with Crippen molar-refractivity contribution in [2.75, 3.05) is 26.0 Å². The third-order valence-corrected chi connectivity index (χ3v) is 3.83. The fourth-order valence-electron chi connectivity index (χ4n) is 1.42. The van der Waals surface area contributed by atoms with Gasteiger partial charge in [0.25, 0.3) is 0 Å². The van der Waals surface area contributed by atoms with E-state index in [1.54, 1.807) is 7.11 Å². The Bertz CT molecular complexity index is 333. The lowest BCUT2D eigenvalue weighted by Crippen LogP contribution is -2.18. The zero-order valence-electron chi connectivity index (χ0n) is 10.5. The van der Waals surface area contributed by atoms with Gasteiger partial charge >= 0.3 is 0 Å². The third-order valence-electron chi connectivity index (χ3n) is 2.29. The van der Waals surface area contributed by atoms with E-state index in [9.17, 15) is 0 Å². The van der Waals surface area contributed by atoms with Gasteiger partial charge in [0.05, 0.1) is 6.61 Å². The molecule has 0 aliphatic heterocycles. The second-order valence-electron chi connectivity index (χ2n) is 3.77. The molecule has 0 bridgehead atoms. The van der Waals surface area contributed by atoms with Crippen molar-refractivity contribution < 1.29 is 4.74 Å². The Hall–Kier alpha value is -0.220. The van der Waals surface area contributed by atoms with E-state index >= 15 is 0 Å². The SMILES string of the molecule is CCCSc1cc(Cl)ccc1CNCCOC. The normalized spacial score (nSPS) is 10.8. The van der Waals surface area contributed by atoms with Crippen LogP contribution in [0.5, 0.6) is 0 Å². The van der Waals surface area contributed by atoms with E-state index in [1.165, 1.54) is 16.9 Å². The molecule has 0 amide bonds. The zero-order valence-corrected chi connectivity index (χ0v) is 12.0. The van der Waals surface area contributed by atoms with Gasteiger partial charge in [0.1, 0.15) is 0 Å². The van der Waals surface area contributed by atoms with Gasteiger partial charge in [-0.2, -0.15) is 0 Å². The molecule has 0 aromatic heterocycles. The summed E-state index contributed by atoms with van der Waals surface area (Å²) in [5.74, 6) is 1.13. The van der Waals surface area contributed by atoms with Gasteiger partial charge < -0.3 is 10.1 Å². The van der Waals surface area contributed by atoms with Gasteiger partial charge in [-0.3, -0.25) is 0 Å². The van der Waals surface area contributed by atoms with Gasteiger partial charge in [0.15, 0.2) is 0 Å². The molecule has 0 atom stereocenters. The van der Waals surface area contributed by atoms with Crippen molar-refractivity contribution in [3.8, 4) is 0 Å². The van der Waals surface area contributed by atoms with Gasteiger partial charge in [0, 0.05) is 30.1 Å². The summed E-state index contributed by atoms with van der Waals surface area (Å²) in [5, 5.41) is 4.17. The predicted octanol–water partition coefficient (Wildman–Crippen LogP) is 3.58. The van der Waals surface area contributed by atoms with Crippen LogP contribution in [0, 0.1) is 0 Å². The van der Waals surface area contributed by atoms with Gasteiger partial charge in [-0.1, -0.05) is 24.6 Å². The second-order valence-corrected chi connectivity index (χ2v) is 5.34. The van der Waals surface area contributed by atoms with Crippen LogP contribution in [-0.2, 0) is 11.3 Å². The average molecular weight is 274 g/mol. The van der Waals surface area contributed by atoms with Crippen LogP contribution in [0.25, 0.3) is 0 Å². The molecule has 2 nitrogen and oxygen atoms in total. The summed E-state index contributed by atoms with van der Waals surface area (Å²) < 4.78 is 5.01. The van der Waals surface area contributed by atoms with E-state index in [0.717, 1.165) is 30.5 Å². The van der Waals surface area contributed by atoms with E-state index < -0.39 is 0 Å². The summed E-state index contributed by atoms with van der Waals surface area (Å²) in [5.41, 5.74) is 1.31. The Labute approximate surface area is 113 Å². The molecule has 0 fully saturated rings. The molecule has 0 radical (unpaired) electrons. The van der Waals surface area contributed by atoms with Crippen LogP contribution in [0.3, 0.4) is 0 Å². The summed E-state index contributed by atoms with van der Waals surface area (Å²) in [4.78, 5) is 1.28. The van der Waals surface area contributed by atoms with Crippen LogP contribution >= 0.6 is 23.4 Å². The molecular weight excluding hydrogens is 254 g/mol. The highest BCUT2D eigenvalue weighted by Gasteiger charge is 2.03. The molecule has 0 heterocycles. The van der Waals surface area contributed by atoms with Crippen molar-refractivity contribution in [3.05, 3.63) is 28.8 Å². The maximum atomic E-state index is 6.03. The Morgan fingerprint density at radius 3 is 2.94 bits per heavy atom. The molecule has 96 valence electrons. The van der Waals surface area contributed by atoms with Crippen molar-refractivity contribution in [2.45, 2.75) is 24.8 Å². The number of hydrogen-bond acceptors (Lipinski definition) is 3. The molecule has 17 heavy (non-hydrogen) atoms. The summed E-state index contributed by atoms with van der Waals surface area (Å²) in [6.45, 7) is 4.67. The summed E-state index contributed by atoms with van der Waals surface area (Å²) in [6, 6.07) is 6.10. The number of thioether (sulfide) groups is 1. The van der Waals surface area contributed by atoms with Crippen LogP contribution in [0.4, 0.5) is 0 Å². The van der Waals surface area contributed by atoms with E-state index in [0.29, 0.717) is 0 Å². The van der Waals surface area contributed by atoms with Gasteiger partial charge in [-0.15, -0.1) is 11.8 Å². The molecule has 1 aromatic carbocycles. The Morgan fingerprint density at radius 1 is 1.41 bits per heavy atom. The number of nitrogens with one attached hydrogen (secondary N) is 1. The first-order valence-electron chi connectivity index (χ1n) is 5.88. The lowest BCUT2D eigenvalue weighted by molar-refractivity contribution is 0.199. The standard InChI is InChI=1S/C13H20ClNOS/c1-3-8-17-13-9-12(14)5-4-11(13)10-15-6-7-16-2/h4-5,9,15H,3,6-8,10H2,1-2H3. The Morgan fingerprint density at radius 2 is 2.24 bits per heavy atom. The number of ether oxygens (including phenoxy) is 1. The van der Waals surface area contributed by atoms with Crippen LogP contribution in [0.2, 0.25) is 5.02 Å². The molecule has 0 aliphatic carbocycles. The van der Waals surface area contributed by atoms with E-state index in [1.807, 2.05) is 17.8 Å².